The largest absolute Gasteiger partial charge is 0.496 e. The Bertz CT molecular complexity index is 3760. The fraction of sp³-hybridized carbons (Fsp3) is 0.418. The van der Waals surface area contributed by atoms with Gasteiger partial charge in [0.25, 0.3) is 11.1 Å². The van der Waals surface area contributed by atoms with E-state index in [0.29, 0.717) is 68.7 Å². The van der Waals surface area contributed by atoms with Crippen molar-refractivity contribution >= 4 is 55.0 Å². The maximum Gasteiger partial charge on any atom is 0.333 e. The van der Waals surface area contributed by atoms with Gasteiger partial charge in [0.15, 0.2) is 5.54 Å². The lowest BCUT2D eigenvalue weighted by Gasteiger charge is -2.32. The van der Waals surface area contributed by atoms with Gasteiger partial charge in [0, 0.05) is 18.6 Å². The number of aromatic nitrogens is 6. The lowest BCUT2D eigenvalue weighted by Crippen LogP contribution is -2.55. The van der Waals surface area contributed by atoms with Gasteiger partial charge in [-0.2, -0.15) is 0 Å². The molecule has 6 aromatic heterocycles. The number of aliphatic carboxylic acids is 2. The number of carbonyl (C=O) groups is 2. The van der Waals surface area contributed by atoms with Crippen molar-refractivity contribution in [3.05, 3.63) is 142 Å². The van der Waals surface area contributed by atoms with Crippen LogP contribution in [0.25, 0.3) is 42.0 Å². The summed E-state index contributed by atoms with van der Waals surface area (Å²) in [7, 11) is 1.40. The summed E-state index contributed by atoms with van der Waals surface area (Å²) in [6, 6.07) is 12.6. The van der Waals surface area contributed by atoms with Crippen molar-refractivity contribution in [2.45, 2.75) is 136 Å². The van der Waals surface area contributed by atoms with Crippen LogP contribution in [-0.2, 0) is 56.1 Å². The Hall–Kier alpha value is -7.24. The third-order valence-electron chi connectivity index (χ3n) is 14.8. The van der Waals surface area contributed by atoms with Crippen LogP contribution in [0.15, 0.2) is 95.4 Å². The minimum absolute atomic E-state index is 0.0967. The summed E-state index contributed by atoms with van der Waals surface area (Å²) in [5.74, 6) is -2.26. The molecule has 0 bridgehead atoms. The van der Waals surface area contributed by atoms with Gasteiger partial charge < -0.3 is 38.4 Å². The van der Waals surface area contributed by atoms with E-state index in [1.807, 2.05) is 31.2 Å². The van der Waals surface area contributed by atoms with Crippen molar-refractivity contribution in [1.29, 1.82) is 0 Å². The number of carboxylic acids is 2. The monoisotopic (exact) mass is 1090 g/mol. The second kappa shape index (κ2) is 21.6. The van der Waals surface area contributed by atoms with Gasteiger partial charge in [-0.3, -0.25) is 18.7 Å². The first-order chi connectivity index (χ1) is 36.7. The maximum atomic E-state index is 15.5. The number of aliphatic hydroxyl groups excluding tert-OH is 1. The quantitative estimate of drug-likeness (QED) is 0.0653. The van der Waals surface area contributed by atoms with E-state index >= 15 is 9.59 Å². The number of benzene rings is 2. The number of nitrogens with zero attached hydrogens (tertiary/aromatic N) is 6. The number of methoxy groups -OCH3 is 1. The summed E-state index contributed by atoms with van der Waals surface area (Å²) < 4.78 is 34.7. The summed E-state index contributed by atoms with van der Waals surface area (Å²) in [5, 5.41) is 32.2. The Balaban J connectivity index is 1.16. The van der Waals surface area contributed by atoms with E-state index in [-0.39, 0.29) is 63.8 Å². The van der Waals surface area contributed by atoms with Crippen LogP contribution in [0.1, 0.15) is 106 Å². The van der Waals surface area contributed by atoms with Crippen LogP contribution >= 0.6 is 22.7 Å². The molecule has 406 valence electrons. The summed E-state index contributed by atoms with van der Waals surface area (Å²) in [6.45, 7) is 10.8. The Morgan fingerprint density at radius 3 is 1.84 bits per heavy atom. The van der Waals surface area contributed by atoms with Crippen molar-refractivity contribution in [2.75, 3.05) is 13.7 Å². The maximum absolute atomic E-state index is 15.5. The van der Waals surface area contributed by atoms with Crippen molar-refractivity contribution in [1.82, 2.24) is 28.2 Å². The molecule has 9 rings (SSSR count). The Morgan fingerprint density at radius 2 is 1.32 bits per heavy atom. The number of rotatable bonds is 20. The highest BCUT2D eigenvalue weighted by Crippen LogP contribution is 2.40. The molecule has 0 spiro atoms. The molecule has 1 saturated carbocycles. The zero-order chi connectivity index (χ0) is 55.2. The van der Waals surface area contributed by atoms with E-state index in [2.05, 4.69) is 9.97 Å². The molecule has 2 aromatic carbocycles. The third-order valence-corrected chi connectivity index (χ3v) is 17.4. The van der Waals surface area contributed by atoms with Gasteiger partial charge in [-0.15, -0.1) is 22.7 Å². The highest BCUT2D eigenvalue weighted by atomic mass is 32.1. The van der Waals surface area contributed by atoms with Gasteiger partial charge in [-0.1, -0.05) is 43.3 Å². The van der Waals surface area contributed by atoms with E-state index < -0.39 is 70.2 Å². The fourth-order valence-corrected chi connectivity index (χ4v) is 13.0. The Morgan fingerprint density at radius 1 is 0.766 bits per heavy atom. The number of thiophene rings is 2. The molecule has 0 aliphatic heterocycles. The molecule has 1 aliphatic rings. The normalized spacial score (nSPS) is 16.7. The number of hydrogen-bond donors (Lipinski definition) is 3. The molecule has 8 aromatic rings. The smallest absolute Gasteiger partial charge is 0.333 e. The topological polar surface area (TPSA) is 263 Å². The highest BCUT2D eigenvalue weighted by molar-refractivity contribution is 7.22. The van der Waals surface area contributed by atoms with Crippen molar-refractivity contribution in [2.24, 2.45) is 0 Å². The summed E-state index contributed by atoms with van der Waals surface area (Å²) in [5.41, 5.74) is -4.18. The standard InChI is InChI=1S/C55H60N6O14S2/c1-9-32-13-11-12-14-35(32)39(75-34-18-16-33(62)17-19-34)28-59-49-41(30(4)43(77-49)45-57-22-24-74-45)47(64)61(53(59)70)55(7,51(67)68)26-31-15-20-36(37(25-31)71-8)38(72-10-2)27-58-48-40(29(3)42(76-48)44-56-21-23-73-44)46(63)60(52(58)69)54(5,6)50(65)66/h11-15,20-25,33-34,38-39,62H,9-10,16-19,26-28H2,1-8H3,(H,65,66)(H,67,68)/t33?,34?,38-,39-,55?/m0/s1. The molecule has 0 radical (unpaired) electrons. The summed E-state index contributed by atoms with van der Waals surface area (Å²) in [4.78, 5) is 96.2. The average Bonchev–Trinajstić information content (AvgIpc) is 4.35. The molecular formula is C55H60N6O14S2. The van der Waals surface area contributed by atoms with E-state index in [1.165, 1.54) is 61.9 Å². The van der Waals surface area contributed by atoms with Crippen LogP contribution < -0.4 is 27.2 Å². The first-order valence-electron chi connectivity index (χ1n) is 25.3. The number of aliphatic hydroxyl groups is 1. The van der Waals surface area contributed by atoms with Crippen LogP contribution in [0.2, 0.25) is 0 Å². The van der Waals surface area contributed by atoms with Gasteiger partial charge in [-0.05, 0) is 108 Å². The van der Waals surface area contributed by atoms with Gasteiger partial charge in [0.1, 0.15) is 45.7 Å². The van der Waals surface area contributed by atoms with Crippen molar-refractivity contribution in [3.8, 4) is 27.3 Å². The molecule has 3 N–H and O–H groups in total. The average molecular weight is 1090 g/mol. The first kappa shape index (κ1) is 54.5. The Kier molecular flexibility index (Phi) is 15.3. The van der Waals surface area contributed by atoms with Crippen LogP contribution in [0, 0.1) is 13.8 Å². The lowest BCUT2D eigenvalue weighted by atomic mass is 9.91. The number of oxazole rings is 2. The fourth-order valence-electron chi connectivity index (χ4n) is 10.5. The van der Waals surface area contributed by atoms with Gasteiger partial charge >= 0.3 is 23.3 Å². The van der Waals surface area contributed by atoms with Crippen LogP contribution in [0.3, 0.4) is 0 Å². The molecule has 22 heteroatoms. The second-order valence-corrected chi connectivity index (χ2v) is 22.0. The first-order valence-corrected chi connectivity index (χ1v) is 26.9. The van der Waals surface area contributed by atoms with E-state index in [9.17, 15) is 34.5 Å². The highest BCUT2D eigenvalue weighted by Gasteiger charge is 2.42. The molecule has 1 aliphatic carbocycles. The zero-order valence-corrected chi connectivity index (χ0v) is 45.5. The third kappa shape index (κ3) is 9.81. The molecule has 0 saturated heterocycles. The summed E-state index contributed by atoms with van der Waals surface area (Å²) >= 11 is 2.22. The molecular weight excluding hydrogens is 1030 g/mol. The van der Waals surface area contributed by atoms with E-state index in [4.69, 9.17) is 23.0 Å². The SMILES string of the molecule is CCO[C@@H](Cn1c(=O)n(C(C)(C)C(=O)O)c(=O)c2c(C)c(-c3ncco3)sc21)c1ccc(CC(C)(C(=O)O)n2c(=O)c3c(C)c(-c4ncco4)sc3n(C[C@H](OC3CCC(O)CC3)c3ccccc3CC)c2=O)cc1OC. The molecule has 20 nitrogen and oxygen atoms in total. The van der Waals surface area contributed by atoms with Crippen LogP contribution in [0.4, 0.5) is 0 Å². The van der Waals surface area contributed by atoms with Gasteiger partial charge in [0.2, 0.25) is 11.8 Å². The molecule has 1 unspecified atom stereocenters. The number of ether oxygens (including phenoxy) is 3. The zero-order valence-electron chi connectivity index (χ0n) is 43.9. The lowest BCUT2D eigenvalue weighted by molar-refractivity contribution is -0.147. The molecule has 6 heterocycles. The number of carboxylic acid groups (broad SMARTS) is 2. The predicted octanol–water partition coefficient (Wildman–Crippen LogP) is 7.96. The Labute approximate surface area is 448 Å². The summed E-state index contributed by atoms with van der Waals surface area (Å²) in [6.07, 6.45) is 5.83. The van der Waals surface area contributed by atoms with Gasteiger partial charge in [-0.25, -0.2) is 38.3 Å². The minimum Gasteiger partial charge on any atom is -0.496 e. The van der Waals surface area contributed by atoms with Crippen LogP contribution in [0.5, 0.6) is 5.75 Å². The molecule has 1 fully saturated rings. The molecule has 0 amide bonds. The number of hydrogen-bond acceptors (Lipinski definition) is 16. The molecule has 3 atom stereocenters. The second-order valence-electron chi connectivity index (χ2n) is 20.0. The number of aryl methyl sites for hydroxylation is 3. The minimum atomic E-state index is -2.23. The van der Waals surface area contributed by atoms with E-state index in [1.54, 1.807) is 39.0 Å². The van der Waals surface area contributed by atoms with Crippen molar-refractivity contribution in [3.63, 3.8) is 0 Å². The predicted molar refractivity (Wildman–Crippen MR) is 288 cm³/mol. The van der Waals surface area contributed by atoms with Crippen molar-refractivity contribution < 1.29 is 48.0 Å². The van der Waals surface area contributed by atoms with E-state index in [0.717, 1.165) is 38.4 Å². The van der Waals surface area contributed by atoms with Gasteiger partial charge in [0.05, 0.1) is 65.3 Å². The molecule has 77 heavy (non-hydrogen) atoms. The van der Waals surface area contributed by atoms with Crippen LogP contribution in [-0.4, -0.2) is 81.4 Å². The number of fused-ring (bicyclic) bond motifs is 2.